The van der Waals surface area contributed by atoms with E-state index in [2.05, 4.69) is 22.4 Å². The van der Waals surface area contributed by atoms with Gasteiger partial charge in [0.15, 0.2) is 18.1 Å². The van der Waals surface area contributed by atoms with Gasteiger partial charge >= 0.3 is 0 Å². The second-order valence-corrected chi connectivity index (χ2v) is 7.17. The molecule has 3 rings (SSSR count). The molecular weight excluding hydrogens is 446 g/mol. The summed E-state index contributed by atoms with van der Waals surface area (Å²) in [7, 11) is 0. The Morgan fingerprint density at radius 2 is 1.77 bits per heavy atom. The monoisotopic (exact) mass is 473 g/mol. The van der Waals surface area contributed by atoms with Crippen molar-refractivity contribution in [1.29, 1.82) is 0 Å². The quantitative estimate of drug-likeness (QED) is 0.230. The maximum atomic E-state index is 12.5. The van der Waals surface area contributed by atoms with Crippen molar-refractivity contribution in [2.75, 3.05) is 25.1 Å². The van der Waals surface area contributed by atoms with Gasteiger partial charge in [-0.05, 0) is 55.0 Å². The first-order chi connectivity index (χ1) is 17.1. The first kappa shape index (κ1) is 25.0. The summed E-state index contributed by atoms with van der Waals surface area (Å²) >= 11 is 0. The Morgan fingerprint density at radius 3 is 2.54 bits per heavy atom. The molecule has 0 aliphatic carbocycles. The van der Waals surface area contributed by atoms with Crippen LogP contribution in [-0.2, 0) is 4.79 Å². The van der Waals surface area contributed by atoms with Gasteiger partial charge in [0.25, 0.3) is 11.8 Å². The van der Waals surface area contributed by atoms with Crippen LogP contribution >= 0.6 is 0 Å². The van der Waals surface area contributed by atoms with Crippen LogP contribution in [0.4, 0.5) is 5.69 Å². The van der Waals surface area contributed by atoms with Gasteiger partial charge in [-0.2, -0.15) is 5.10 Å². The molecule has 3 aromatic rings. The highest BCUT2D eigenvalue weighted by Gasteiger charge is 2.11. The van der Waals surface area contributed by atoms with Crippen molar-refractivity contribution in [3.63, 3.8) is 0 Å². The summed E-state index contributed by atoms with van der Waals surface area (Å²) in [4.78, 5) is 24.6. The molecule has 0 saturated carbocycles. The van der Waals surface area contributed by atoms with Gasteiger partial charge in [-0.1, -0.05) is 43.0 Å². The van der Waals surface area contributed by atoms with Crippen molar-refractivity contribution in [2.45, 2.75) is 6.92 Å². The minimum absolute atomic E-state index is 0.138. The van der Waals surface area contributed by atoms with Crippen LogP contribution in [0.25, 0.3) is 0 Å². The molecule has 0 aromatic heterocycles. The molecule has 0 radical (unpaired) electrons. The number of hydrazone groups is 1. The second-order valence-electron chi connectivity index (χ2n) is 7.17. The molecule has 0 aliphatic heterocycles. The predicted octanol–water partition coefficient (Wildman–Crippen LogP) is 4.43. The number of benzene rings is 3. The van der Waals surface area contributed by atoms with Crippen LogP contribution in [-0.4, -0.2) is 37.8 Å². The summed E-state index contributed by atoms with van der Waals surface area (Å²) in [6, 6.07) is 21.0. The lowest BCUT2D eigenvalue weighted by Crippen LogP contribution is -2.20. The lowest BCUT2D eigenvalue weighted by Gasteiger charge is -2.12. The highest BCUT2D eigenvalue weighted by atomic mass is 16.5. The Bertz CT molecular complexity index is 1180. The minimum atomic E-state index is -0.400. The number of rotatable bonds is 12. The number of amides is 2. The number of carbonyl (C=O) groups is 2. The summed E-state index contributed by atoms with van der Waals surface area (Å²) in [5.74, 6) is 0.825. The number of para-hydroxylation sites is 1. The molecule has 0 spiro atoms. The maximum Gasteiger partial charge on any atom is 0.271 e. The van der Waals surface area contributed by atoms with Gasteiger partial charge in [-0.15, -0.1) is 0 Å². The van der Waals surface area contributed by atoms with Gasteiger partial charge in [0.05, 0.1) is 12.8 Å². The zero-order valence-corrected chi connectivity index (χ0v) is 19.4. The van der Waals surface area contributed by atoms with Gasteiger partial charge in [-0.25, -0.2) is 5.43 Å². The SMILES string of the molecule is C=CCOc1ccc(C(=O)N/N=C/c2cccc(OCC(=O)Nc3ccccc3)c2)cc1OCC. The molecule has 180 valence electrons. The van der Waals surface area contributed by atoms with Crippen LogP contribution in [0.2, 0.25) is 0 Å². The van der Waals surface area contributed by atoms with Crippen molar-refractivity contribution in [3.8, 4) is 17.2 Å². The lowest BCUT2D eigenvalue weighted by molar-refractivity contribution is -0.118. The smallest absolute Gasteiger partial charge is 0.271 e. The number of hydrogen-bond donors (Lipinski definition) is 2. The van der Waals surface area contributed by atoms with Crippen molar-refractivity contribution >= 4 is 23.7 Å². The van der Waals surface area contributed by atoms with Crippen molar-refractivity contribution < 1.29 is 23.8 Å². The molecule has 8 heteroatoms. The number of hydrogen-bond acceptors (Lipinski definition) is 6. The average molecular weight is 474 g/mol. The van der Waals surface area contributed by atoms with E-state index in [1.165, 1.54) is 6.21 Å². The molecule has 8 nitrogen and oxygen atoms in total. The summed E-state index contributed by atoms with van der Waals surface area (Å²) in [6.45, 7) is 6.09. The molecule has 0 heterocycles. The van der Waals surface area contributed by atoms with Crippen LogP contribution in [0.15, 0.2) is 90.6 Å². The van der Waals surface area contributed by atoms with E-state index < -0.39 is 5.91 Å². The number of anilines is 1. The molecule has 2 amide bonds. The maximum absolute atomic E-state index is 12.5. The first-order valence-corrected chi connectivity index (χ1v) is 11.0. The molecule has 0 unspecified atom stereocenters. The normalized spacial score (nSPS) is 10.4. The molecular formula is C27H27N3O5. The molecule has 3 aromatic carbocycles. The third kappa shape index (κ3) is 8.04. The Labute approximate surface area is 204 Å². The van der Waals surface area contributed by atoms with Crippen LogP contribution in [0.3, 0.4) is 0 Å². The lowest BCUT2D eigenvalue weighted by atomic mass is 10.2. The molecule has 0 bridgehead atoms. The fourth-order valence-electron chi connectivity index (χ4n) is 2.97. The van der Waals surface area contributed by atoms with E-state index in [0.717, 1.165) is 0 Å². The van der Waals surface area contributed by atoms with Crippen LogP contribution < -0.4 is 25.0 Å². The molecule has 2 N–H and O–H groups in total. The predicted molar refractivity (Wildman–Crippen MR) is 135 cm³/mol. The van der Waals surface area contributed by atoms with E-state index in [1.807, 2.05) is 25.1 Å². The summed E-state index contributed by atoms with van der Waals surface area (Å²) in [6.07, 6.45) is 3.12. The third-order valence-corrected chi connectivity index (χ3v) is 4.53. The number of nitrogens with one attached hydrogen (secondary N) is 2. The topological polar surface area (TPSA) is 98.3 Å². The molecule has 35 heavy (non-hydrogen) atoms. The summed E-state index contributed by atoms with van der Waals surface area (Å²) in [5.41, 5.74) is 4.25. The highest BCUT2D eigenvalue weighted by molar-refractivity contribution is 5.95. The van der Waals surface area contributed by atoms with E-state index in [1.54, 1.807) is 60.7 Å². The van der Waals surface area contributed by atoms with Crippen molar-refractivity contribution in [2.24, 2.45) is 5.10 Å². The van der Waals surface area contributed by atoms with Crippen LogP contribution in [0.5, 0.6) is 17.2 Å². The van der Waals surface area contributed by atoms with E-state index >= 15 is 0 Å². The largest absolute Gasteiger partial charge is 0.490 e. The van der Waals surface area contributed by atoms with E-state index in [9.17, 15) is 9.59 Å². The van der Waals surface area contributed by atoms with Gasteiger partial charge in [-0.3, -0.25) is 9.59 Å². The minimum Gasteiger partial charge on any atom is -0.490 e. The Kier molecular flexibility index (Phi) is 9.44. The zero-order valence-electron chi connectivity index (χ0n) is 19.4. The third-order valence-electron chi connectivity index (χ3n) is 4.53. The highest BCUT2D eigenvalue weighted by Crippen LogP contribution is 2.28. The van der Waals surface area contributed by atoms with Gasteiger partial charge < -0.3 is 19.5 Å². The van der Waals surface area contributed by atoms with Gasteiger partial charge in [0, 0.05) is 11.3 Å². The fraction of sp³-hybridized carbons (Fsp3) is 0.148. The Morgan fingerprint density at radius 1 is 0.943 bits per heavy atom. The molecule has 0 fully saturated rings. The van der Waals surface area contributed by atoms with Crippen molar-refractivity contribution in [1.82, 2.24) is 5.43 Å². The summed E-state index contributed by atoms with van der Waals surface area (Å²) < 4.78 is 16.7. The van der Waals surface area contributed by atoms with Crippen LogP contribution in [0.1, 0.15) is 22.8 Å². The molecule has 0 atom stereocenters. The summed E-state index contributed by atoms with van der Waals surface area (Å²) in [5, 5.41) is 6.77. The van der Waals surface area contributed by atoms with E-state index in [4.69, 9.17) is 14.2 Å². The second kappa shape index (κ2) is 13.2. The van der Waals surface area contributed by atoms with E-state index in [-0.39, 0.29) is 12.5 Å². The van der Waals surface area contributed by atoms with Crippen LogP contribution in [0, 0.1) is 0 Å². The van der Waals surface area contributed by atoms with Gasteiger partial charge in [0.1, 0.15) is 12.4 Å². The average Bonchev–Trinajstić information content (AvgIpc) is 2.87. The zero-order chi connectivity index (χ0) is 24.9. The number of nitrogens with zero attached hydrogens (tertiary/aromatic N) is 1. The van der Waals surface area contributed by atoms with Crippen molar-refractivity contribution in [3.05, 3.63) is 96.6 Å². The Balaban J connectivity index is 1.55. The Hall–Kier alpha value is -4.59. The molecule has 0 saturated heterocycles. The first-order valence-electron chi connectivity index (χ1n) is 11.0. The number of ether oxygens (including phenoxy) is 3. The number of carbonyl (C=O) groups excluding carboxylic acids is 2. The van der Waals surface area contributed by atoms with E-state index in [0.29, 0.717) is 47.3 Å². The molecule has 0 aliphatic rings. The standard InChI is InChI=1S/C27H27N3O5/c1-3-15-34-24-14-13-21(17-25(24)33-4-2)27(32)30-28-18-20-9-8-12-23(16-20)35-19-26(31)29-22-10-6-5-7-11-22/h3,5-14,16-18H,1,4,15,19H2,2H3,(H,29,31)(H,30,32)/b28-18+. The fourth-order valence-corrected chi connectivity index (χ4v) is 2.97. The van der Waals surface area contributed by atoms with Gasteiger partial charge in [0.2, 0.25) is 0 Å².